The molecular weight excluding hydrogens is 306 g/mol. The van der Waals surface area contributed by atoms with Crippen molar-refractivity contribution in [2.45, 2.75) is 11.3 Å². The molecule has 9 heteroatoms. The smallest absolute Gasteiger partial charge is 0.242 e. The molecule has 19 heavy (non-hydrogen) atoms. The molecule has 0 aliphatic rings. The lowest BCUT2D eigenvalue weighted by atomic mass is 10.3. The van der Waals surface area contributed by atoms with Crippen LogP contribution >= 0.6 is 12.2 Å². The van der Waals surface area contributed by atoms with E-state index in [0.717, 1.165) is 0 Å². The zero-order chi connectivity index (χ0) is 14.5. The highest BCUT2D eigenvalue weighted by Gasteiger charge is 2.19. The van der Waals surface area contributed by atoms with Gasteiger partial charge in [-0.2, -0.15) is 0 Å². The van der Waals surface area contributed by atoms with Crippen molar-refractivity contribution in [3.8, 4) is 0 Å². The number of rotatable bonds is 7. The van der Waals surface area contributed by atoms with Gasteiger partial charge in [0.15, 0.2) is 0 Å². The summed E-state index contributed by atoms with van der Waals surface area (Å²) in [5.74, 6) is 0.442. The van der Waals surface area contributed by atoms with Crippen LogP contribution in [-0.2, 0) is 20.8 Å². The number of nitrogens with one attached hydrogen (secondary N) is 1. The molecule has 1 rings (SSSR count). The molecule has 0 spiro atoms. The second-order valence-electron chi connectivity index (χ2n) is 3.74. The van der Waals surface area contributed by atoms with Gasteiger partial charge in [-0.1, -0.05) is 12.2 Å². The van der Waals surface area contributed by atoms with E-state index in [4.69, 9.17) is 18.0 Å². The summed E-state index contributed by atoms with van der Waals surface area (Å²) >= 11 is 4.77. The van der Waals surface area contributed by atoms with E-state index in [1.807, 2.05) is 0 Å². The summed E-state index contributed by atoms with van der Waals surface area (Å²) in [6.45, 7) is 0.202. The Morgan fingerprint density at radius 3 is 2.84 bits per heavy atom. The van der Waals surface area contributed by atoms with Crippen LogP contribution in [0.4, 0.5) is 0 Å². The number of hydrogen-bond acceptors (Lipinski definition) is 5. The van der Waals surface area contributed by atoms with Crippen LogP contribution in [0.25, 0.3) is 0 Å². The number of pyridine rings is 1. The van der Waals surface area contributed by atoms with Gasteiger partial charge in [-0.15, -0.1) is 0 Å². The molecule has 0 bridgehead atoms. The zero-order valence-corrected chi connectivity index (χ0v) is 12.8. The molecule has 106 valence electrons. The minimum absolute atomic E-state index is 0.0416. The Hall–Kier alpha value is -0.900. The van der Waals surface area contributed by atoms with Gasteiger partial charge in [-0.05, 0) is 18.6 Å². The number of nitrogens with zero attached hydrogens (tertiary/aromatic N) is 1. The summed E-state index contributed by atoms with van der Waals surface area (Å²) in [6.07, 6.45) is 3.49. The van der Waals surface area contributed by atoms with Crippen LogP contribution in [-0.4, -0.2) is 41.2 Å². The van der Waals surface area contributed by atoms with Crippen molar-refractivity contribution in [3.05, 3.63) is 24.0 Å². The first-order valence-electron chi connectivity index (χ1n) is 5.39. The Kier molecular flexibility index (Phi) is 5.98. The predicted molar refractivity (Wildman–Crippen MR) is 78.9 cm³/mol. The van der Waals surface area contributed by atoms with E-state index in [1.54, 1.807) is 6.26 Å². The van der Waals surface area contributed by atoms with E-state index in [-0.39, 0.29) is 22.1 Å². The third kappa shape index (κ3) is 4.94. The van der Waals surface area contributed by atoms with Crippen molar-refractivity contribution in [2.24, 2.45) is 5.73 Å². The summed E-state index contributed by atoms with van der Waals surface area (Å²) in [7, 11) is -4.65. The van der Waals surface area contributed by atoms with Gasteiger partial charge in [0.05, 0.1) is 0 Å². The Balaban J connectivity index is 2.83. The van der Waals surface area contributed by atoms with E-state index >= 15 is 0 Å². The molecule has 0 aliphatic carbocycles. The van der Waals surface area contributed by atoms with Crippen LogP contribution in [0, 0.1) is 0 Å². The number of hydrogen-bond donors (Lipinski definition) is 2. The fraction of sp³-hybridized carbons (Fsp3) is 0.400. The van der Waals surface area contributed by atoms with Gasteiger partial charge in [0.2, 0.25) is 10.0 Å². The van der Waals surface area contributed by atoms with Crippen LogP contribution in [0.2, 0.25) is 0 Å². The number of nitrogens with two attached hydrogens (primary N) is 1. The molecular formula is C10H15N3O3S3. The molecule has 0 saturated carbocycles. The average molecular weight is 321 g/mol. The summed E-state index contributed by atoms with van der Waals surface area (Å²) in [4.78, 5) is 3.75. The lowest BCUT2D eigenvalue weighted by molar-refractivity contribution is 0.580. The highest BCUT2D eigenvalue weighted by molar-refractivity contribution is 7.89. The predicted octanol–water partition coefficient (Wildman–Crippen LogP) is -0.237. The van der Waals surface area contributed by atoms with Gasteiger partial charge in [-0.3, -0.25) is 9.19 Å². The molecule has 1 aromatic rings. The van der Waals surface area contributed by atoms with Gasteiger partial charge >= 0.3 is 0 Å². The van der Waals surface area contributed by atoms with Crippen molar-refractivity contribution in [2.75, 3.05) is 18.6 Å². The van der Waals surface area contributed by atoms with Gasteiger partial charge in [0, 0.05) is 35.5 Å². The lowest BCUT2D eigenvalue weighted by Crippen LogP contribution is -2.28. The largest absolute Gasteiger partial charge is 0.388 e. The SMILES string of the molecule is CS(=O)CCCNS(=O)(=O)c1cccnc1C(N)=S. The van der Waals surface area contributed by atoms with E-state index in [0.29, 0.717) is 12.2 Å². The van der Waals surface area contributed by atoms with Crippen LogP contribution < -0.4 is 10.5 Å². The molecule has 6 nitrogen and oxygen atoms in total. The first-order valence-corrected chi connectivity index (χ1v) is 9.01. The minimum Gasteiger partial charge on any atom is -0.388 e. The third-order valence-corrected chi connectivity index (χ3v) is 4.74. The first-order chi connectivity index (χ1) is 8.84. The maximum absolute atomic E-state index is 12.1. The quantitative estimate of drug-likeness (QED) is 0.531. The molecule has 1 aromatic heterocycles. The maximum Gasteiger partial charge on any atom is 0.242 e. The highest BCUT2D eigenvalue weighted by atomic mass is 32.2. The maximum atomic E-state index is 12.1. The van der Waals surface area contributed by atoms with Crippen LogP contribution in [0.1, 0.15) is 12.1 Å². The molecule has 3 N–H and O–H groups in total. The Morgan fingerprint density at radius 1 is 1.58 bits per heavy atom. The molecule has 1 atom stereocenters. The van der Waals surface area contributed by atoms with Crippen molar-refractivity contribution < 1.29 is 12.6 Å². The Bertz CT molecular complexity index is 587. The van der Waals surface area contributed by atoms with Crippen LogP contribution in [0.3, 0.4) is 0 Å². The third-order valence-electron chi connectivity index (χ3n) is 2.19. The molecule has 0 amide bonds. The van der Waals surface area contributed by atoms with Crippen molar-refractivity contribution in [1.82, 2.24) is 9.71 Å². The van der Waals surface area contributed by atoms with Crippen LogP contribution in [0.5, 0.6) is 0 Å². The Morgan fingerprint density at radius 2 is 2.26 bits per heavy atom. The molecule has 1 heterocycles. The van der Waals surface area contributed by atoms with Gasteiger partial charge < -0.3 is 5.73 Å². The summed E-state index contributed by atoms with van der Waals surface area (Å²) in [6, 6.07) is 2.89. The van der Waals surface area contributed by atoms with Crippen LogP contribution in [0.15, 0.2) is 23.2 Å². The van der Waals surface area contributed by atoms with Gasteiger partial charge in [-0.25, -0.2) is 13.1 Å². The van der Waals surface area contributed by atoms with Gasteiger partial charge in [0.1, 0.15) is 15.6 Å². The normalized spacial score (nSPS) is 13.1. The highest BCUT2D eigenvalue weighted by Crippen LogP contribution is 2.12. The average Bonchev–Trinajstić information content (AvgIpc) is 2.34. The molecule has 0 saturated heterocycles. The lowest BCUT2D eigenvalue weighted by Gasteiger charge is -2.09. The van der Waals surface area contributed by atoms with Crippen molar-refractivity contribution >= 4 is 38.0 Å². The second-order valence-corrected chi connectivity index (χ2v) is 7.47. The number of aromatic nitrogens is 1. The van der Waals surface area contributed by atoms with E-state index in [1.165, 1.54) is 18.3 Å². The minimum atomic E-state index is -3.71. The summed E-state index contributed by atoms with van der Waals surface area (Å²) < 4.78 is 37.4. The molecule has 1 unspecified atom stereocenters. The summed E-state index contributed by atoms with van der Waals surface area (Å²) in [5, 5.41) is 0. The molecule has 0 aliphatic heterocycles. The van der Waals surface area contributed by atoms with Crippen molar-refractivity contribution in [1.29, 1.82) is 0 Å². The molecule has 0 radical (unpaired) electrons. The Labute approximate surface area is 120 Å². The topological polar surface area (TPSA) is 102 Å². The monoisotopic (exact) mass is 321 g/mol. The number of sulfonamides is 1. The fourth-order valence-corrected chi connectivity index (χ4v) is 3.37. The molecule has 0 fully saturated rings. The fourth-order valence-electron chi connectivity index (χ4n) is 1.35. The second kappa shape index (κ2) is 7.04. The van der Waals surface area contributed by atoms with Gasteiger partial charge in [0.25, 0.3) is 0 Å². The molecule has 0 aromatic carbocycles. The van der Waals surface area contributed by atoms with Crippen molar-refractivity contribution in [3.63, 3.8) is 0 Å². The standard InChI is InChI=1S/C10H15N3O3S3/c1-18(14)7-3-6-13-19(15,16)8-4-2-5-12-9(8)10(11)17/h2,4-5,13H,3,6-7H2,1H3,(H2,11,17). The zero-order valence-electron chi connectivity index (χ0n) is 10.3. The number of thiocarbonyl (C=S) groups is 1. The summed E-state index contributed by atoms with van der Waals surface area (Å²) in [5.41, 5.74) is 5.52. The van der Waals surface area contributed by atoms with E-state index in [2.05, 4.69) is 9.71 Å². The first kappa shape index (κ1) is 16.2. The van der Waals surface area contributed by atoms with E-state index in [9.17, 15) is 12.6 Å². The van der Waals surface area contributed by atoms with E-state index < -0.39 is 20.8 Å².